The Labute approximate surface area is 186 Å². The Bertz CT molecular complexity index is 1090. The number of hydrogen-bond acceptors (Lipinski definition) is 3. The third kappa shape index (κ3) is 6.21. The molecule has 3 aromatic carbocycles. The number of rotatable bonds is 7. The standard InChI is InChI=1S/C24H18BrF3O3/c1-30-23-12-6-16(5-11-22(29)17-7-9-20(25)10-8-17)13-18(23)15-31-21-4-2-3-19(14-21)24(26,27)28/h2-14H,15H2,1H3/b11-5+. The molecule has 0 saturated carbocycles. The number of ketones is 1. The highest BCUT2D eigenvalue weighted by atomic mass is 79.9. The summed E-state index contributed by atoms with van der Waals surface area (Å²) >= 11 is 3.33. The summed E-state index contributed by atoms with van der Waals surface area (Å²) in [7, 11) is 1.50. The van der Waals surface area contributed by atoms with E-state index < -0.39 is 11.7 Å². The zero-order chi connectivity index (χ0) is 22.4. The van der Waals surface area contributed by atoms with Crippen molar-refractivity contribution in [3.63, 3.8) is 0 Å². The normalized spacial score (nSPS) is 11.5. The molecule has 0 bridgehead atoms. The zero-order valence-electron chi connectivity index (χ0n) is 16.4. The van der Waals surface area contributed by atoms with Crippen molar-refractivity contribution in [2.24, 2.45) is 0 Å². The maximum atomic E-state index is 12.9. The van der Waals surface area contributed by atoms with Crippen molar-refractivity contribution in [2.45, 2.75) is 12.8 Å². The number of carbonyl (C=O) groups is 1. The first-order valence-corrected chi connectivity index (χ1v) is 10.0. The number of alkyl halides is 3. The topological polar surface area (TPSA) is 35.5 Å². The first kappa shape index (κ1) is 22.6. The summed E-state index contributed by atoms with van der Waals surface area (Å²) in [4.78, 5) is 12.3. The molecule has 0 radical (unpaired) electrons. The van der Waals surface area contributed by atoms with Crippen LogP contribution in [0.15, 0.2) is 77.3 Å². The number of ether oxygens (including phenoxy) is 2. The van der Waals surface area contributed by atoms with Crippen molar-refractivity contribution >= 4 is 27.8 Å². The van der Waals surface area contributed by atoms with Gasteiger partial charge < -0.3 is 9.47 Å². The lowest BCUT2D eigenvalue weighted by Gasteiger charge is -2.13. The minimum Gasteiger partial charge on any atom is -0.496 e. The molecule has 0 aliphatic rings. The van der Waals surface area contributed by atoms with Crippen LogP contribution in [-0.4, -0.2) is 12.9 Å². The van der Waals surface area contributed by atoms with Crippen LogP contribution in [-0.2, 0) is 12.8 Å². The van der Waals surface area contributed by atoms with Gasteiger partial charge in [0.25, 0.3) is 0 Å². The van der Waals surface area contributed by atoms with Gasteiger partial charge in [0.1, 0.15) is 18.1 Å². The van der Waals surface area contributed by atoms with E-state index in [2.05, 4.69) is 15.9 Å². The third-order valence-corrected chi connectivity index (χ3v) is 4.94. The van der Waals surface area contributed by atoms with E-state index in [9.17, 15) is 18.0 Å². The summed E-state index contributed by atoms with van der Waals surface area (Å²) in [5.74, 6) is 0.483. The van der Waals surface area contributed by atoms with Crippen LogP contribution in [0, 0.1) is 0 Å². The molecule has 3 nitrogen and oxygen atoms in total. The fourth-order valence-corrected chi connectivity index (χ4v) is 3.08. The summed E-state index contributed by atoms with van der Waals surface area (Å²) in [6, 6.07) is 17.0. The number of allylic oxidation sites excluding steroid dienone is 1. The van der Waals surface area contributed by atoms with Crippen LogP contribution < -0.4 is 9.47 Å². The van der Waals surface area contributed by atoms with Crippen LogP contribution in [0.4, 0.5) is 13.2 Å². The van der Waals surface area contributed by atoms with Crippen LogP contribution in [0.3, 0.4) is 0 Å². The molecule has 0 fully saturated rings. The molecule has 0 aliphatic heterocycles. The molecular weight excluding hydrogens is 473 g/mol. The van der Waals surface area contributed by atoms with Gasteiger partial charge in [0, 0.05) is 15.6 Å². The first-order chi connectivity index (χ1) is 14.8. The highest BCUT2D eigenvalue weighted by Gasteiger charge is 2.30. The maximum absolute atomic E-state index is 12.9. The Morgan fingerprint density at radius 2 is 1.77 bits per heavy atom. The van der Waals surface area contributed by atoms with Gasteiger partial charge in [-0.25, -0.2) is 0 Å². The van der Waals surface area contributed by atoms with E-state index in [-0.39, 0.29) is 18.1 Å². The van der Waals surface area contributed by atoms with Gasteiger partial charge in [0.2, 0.25) is 0 Å². The zero-order valence-corrected chi connectivity index (χ0v) is 18.0. The highest BCUT2D eigenvalue weighted by molar-refractivity contribution is 9.10. The number of hydrogen-bond donors (Lipinski definition) is 0. The van der Waals surface area contributed by atoms with E-state index in [1.165, 1.54) is 25.3 Å². The van der Waals surface area contributed by atoms with E-state index in [1.54, 1.807) is 48.5 Å². The molecule has 0 heterocycles. The van der Waals surface area contributed by atoms with Crippen LogP contribution in [0.5, 0.6) is 11.5 Å². The fraction of sp³-hybridized carbons (Fsp3) is 0.125. The van der Waals surface area contributed by atoms with Gasteiger partial charge >= 0.3 is 6.18 Å². The van der Waals surface area contributed by atoms with Gasteiger partial charge in [-0.2, -0.15) is 13.2 Å². The van der Waals surface area contributed by atoms with Crippen molar-refractivity contribution in [3.8, 4) is 11.5 Å². The first-order valence-electron chi connectivity index (χ1n) is 9.21. The number of halogens is 4. The van der Waals surface area contributed by atoms with E-state index in [4.69, 9.17) is 9.47 Å². The lowest BCUT2D eigenvalue weighted by atomic mass is 10.1. The van der Waals surface area contributed by atoms with Crippen LogP contribution >= 0.6 is 15.9 Å². The quantitative estimate of drug-likeness (QED) is 0.265. The molecule has 0 atom stereocenters. The molecule has 31 heavy (non-hydrogen) atoms. The Hall–Kier alpha value is -3.06. The smallest absolute Gasteiger partial charge is 0.416 e. The molecule has 3 aromatic rings. The molecule has 0 N–H and O–H groups in total. The summed E-state index contributed by atoms with van der Waals surface area (Å²) in [5.41, 5.74) is 1.15. The molecule has 0 aliphatic carbocycles. The minimum absolute atomic E-state index is 0.00677. The second-order valence-corrected chi connectivity index (χ2v) is 7.51. The van der Waals surface area contributed by atoms with Gasteiger partial charge in [-0.15, -0.1) is 0 Å². The lowest BCUT2D eigenvalue weighted by molar-refractivity contribution is -0.137. The average molecular weight is 491 g/mol. The SMILES string of the molecule is COc1ccc(/C=C/C(=O)c2ccc(Br)cc2)cc1COc1cccc(C(F)(F)F)c1. The number of carbonyl (C=O) groups excluding carboxylic acids is 1. The second-order valence-electron chi connectivity index (χ2n) is 6.59. The largest absolute Gasteiger partial charge is 0.496 e. The van der Waals surface area contributed by atoms with Gasteiger partial charge in [-0.3, -0.25) is 4.79 Å². The van der Waals surface area contributed by atoms with Crippen molar-refractivity contribution in [1.29, 1.82) is 0 Å². The summed E-state index contributed by atoms with van der Waals surface area (Å²) in [5, 5.41) is 0. The molecule has 0 aromatic heterocycles. The van der Waals surface area contributed by atoms with Gasteiger partial charge in [0.15, 0.2) is 5.78 Å². The van der Waals surface area contributed by atoms with Crippen LogP contribution in [0.1, 0.15) is 27.0 Å². The third-order valence-electron chi connectivity index (χ3n) is 4.42. The molecule has 160 valence electrons. The average Bonchev–Trinajstić information content (AvgIpc) is 2.76. The number of benzene rings is 3. The lowest BCUT2D eigenvalue weighted by Crippen LogP contribution is -2.05. The Morgan fingerprint density at radius 1 is 1.03 bits per heavy atom. The molecule has 0 spiro atoms. The van der Waals surface area contributed by atoms with Crippen molar-refractivity contribution in [2.75, 3.05) is 7.11 Å². The molecule has 0 amide bonds. The van der Waals surface area contributed by atoms with Gasteiger partial charge in [0.05, 0.1) is 12.7 Å². The monoisotopic (exact) mass is 490 g/mol. The van der Waals surface area contributed by atoms with Crippen molar-refractivity contribution in [1.82, 2.24) is 0 Å². The van der Waals surface area contributed by atoms with Crippen molar-refractivity contribution in [3.05, 3.63) is 99.5 Å². The number of methoxy groups -OCH3 is 1. The van der Waals surface area contributed by atoms with E-state index >= 15 is 0 Å². The van der Waals surface area contributed by atoms with E-state index in [0.717, 1.165) is 22.2 Å². The molecule has 0 saturated heterocycles. The molecule has 3 rings (SSSR count). The maximum Gasteiger partial charge on any atom is 0.416 e. The molecule has 7 heteroatoms. The molecule has 0 unspecified atom stereocenters. The summed E-state index contributed by atoms with van der Waals surface area (Å²) in [6.07, 6.45) is -1.32. The minimum atomic E-state index is -4.44. The second kappa shape index (κ2) is 9.83. The van der Waals surface area contributed by atoms with Gasteiger partial charge in [-0.05, 0) is 66.2 Å². The molecular formula is C24H18BrF3O3. The highest BCUT2D eigenvalue weighted by Crippen LogP contribution is 2.32. The van der Waals surface area contributed by atoms with Crippen LogP contribution in [0.25, 0.3) is 6.08 Å². The van der Waals surface area contributed by atoms with Crippen LogP contribution in [0.2, 0.25) is 0 Å². The van der Waals surface area contributed by atoms with E-state index in [1.807, 2.05) is 0 Å². The van der Waals surface area contributed by atoms with Crippen molar-refractivity contribution < 1.29 is 27.4 Å². The van der Waals surface area contributed by atoms with Gasteiger partial charge in [-0.1, -0.05) is 34.1 Å². The fourth-order valence-electron chi connectivity index (χ4n) is 2.82. The summed E-state index contributed by atoms with van der Waals surface area (Å²) < 4.78 is 50.4. The Morgan fingerprint density at radius 3 is 2.45 bits per heavy atom. The Balaban J connectivity index is 1.75. The van der Waals surface area contributed by atoms with E-state index in [0.29, 0.717) is 16.9 Å². The summed E-state index contributed by atoms with van der Waals surface area (Å²) in [6.45, 7) is 0.00677. The Kier molecular flexibility index (Phi) is 7.17. The predicted molar refractivity (Wildman–Crippen MR) is 116 cm³/mol. The predicted octanol–water partition coefficient (Wildman–Crippen LogP) is 6.95.